The zero-order chi connectivity index (χ0) is 13.0. The molecule has 3 heteroatoms. The summed E-state index contributed by atoms with van der Waals surface area (Å²) in [6.07, 6.45) is 2.25. The predicted octanol–water partition coefficient (Wildman–Crippen LogP) is 3.40. The third kappa shape index (κ3) is 3.81. The summed E-state index contributed by atoms with van der Waals surface area (Å²) < 4.78 is 6.78. The number of hydrogen-bond donors (Lipinski definition) is 1. The first kappa shape index (κ1) is 14.0. The van der Waals surface area contributed by atoms with Gasteiger partial charge in [-0.25, -0.2) is 0 Å². The lowest BCUT2D eigenvalue weighted by atomic mass is 9.80. The molecule has 100 valence electrons. The first-order chi connectivity index (χ1) is 8.60. The highest BCUT2D eigenvalue weighted by molar-refractivity contribution is 9.10. The Balaban J connectivity index is 2.03. The van der Waals surface area contributed by atoms with Crippen molar-refractivity contribution in [1.29, 1.82) is 0 Å². The van der Waals surface area contributed by atoms with Crippen LogP contribution in [0.2, 0.25) is 0 Å². The molecule has 1 unspecified atom stereocenters. The van der Waals surface area contributed by atoms with E-state index in [2.05, 4.69) is 59.4 Å². The van der Waals surface area contributed by atoms with Crippen LogP contribution in [-0.2, 0) is 11.2 Å². The summed E-state index contributed by atoms with van der Waals surface area (Å²) in [7, 11) is 0. The molecule has 18 heavy (non-hydrogen) atoms. The Kier molecular flexibility index (Phi) is 4.82. The first-order valence-corrected chi connectivity index (χ1v) is 7.45. The summed E-state index contributed by atoms with van der Waals surface area (Å²) >= 11 is 3.48. The molecule has 1 heterocycles. The van der Waals surface area contributed by atoms with E-state index in [1.807, 2.05) is 0 Å². The lowest BCUT2D eigenvalue weighted by Gasteiger charge is -2.29. The molecule has 0 aliphatic carbocycles. The second-order valence-corrected chi connectivity index (χ2v) is 6.56. The molecule has 0 saturated carbocycles. The fourth-order valence-corrected chi connectivity index (χ4v) is 2.71. The molecule has 1 aliphatic heterocycles. The molecule has 0 bridgehead atoms. The fraction of sp³-hybridized carbons (Fsp3) is 0.600. The Labute approximate surface area is 118 Å². The van der Waals surface area contributed by atoms with E-state index in [4.69, 9.17) is 4.74 Å². The van der Waals surface area contributed by atoms with Gasteiger partial charge in [-0.1, -0.05) is 41.9 Å². The van der Waals surface area contributed by atoms with Crippen molar-refractivity contribution in [3.05, 3.63) is 34.3 Å². The van der Waals surface area contributed by atoms with Gasteiger partial charge in [0, 0.05) is 29.1 Å². The molecule has 2 nitrogen and oxygen atoms in total. The van der Waals surface area contributed by atoms with Crippen molar-refractivity contribution in [2.24, 2.45) is 5.41 Å². The fourth-order valence-electron chi connectivity index (χ4n) is 2.45. The van der Waals surface area contributed by atoms with Crippen LogP contribution in [0.4, 0.5) is 0 Å². The molecular formula is C15H22BrNO. The highest BCUT2D eigenvalue weighted by atomic mass is 79.9. The third-order valence-corrected chi connectivity index (χ3v) is 4.09. The molecule has 1 fully saturated rings. The van der Waals surface area contributed by atoms with Crippen molar-refractivity contribution < 1.29 is 4.74 Å². The topological polar surface area (TPSA) is 21.3 Å². The van der Waals surface area contributed by atoms with Crippen LogP contribution in [0, 0.1) is 5.41 Å². The van der Waals surface area contributed by atoms with Gasteiger partial charge in [0.2, 0.25) is 0 Å². The minimum atomic E-state index is 0.276. The smallest absolute Gasteiger partial charge is 0.0538 e. The molecule has 2 rings (SSSR count). The van der Waals surface area contributed by atoms with Crippen molar-refractivity contribution in [3.8, 4) is 0 Å². The summed E-state index contributed by atoms with van der Waals surface area (Å²) in [5.74, 6) is 0. The second-order valence-electron chi connectivity index (χ2n) is 5.64. The highest BCUT2D eigenvalue weighted by Gasteiger charge is 2.34. The van der Waals surface area contributed by atoms with E-state index in [9.17, 15) is 0 Å². The maximum Gasteiger partial charge on any atom is 0.0538 e. The molecule has 0 radical (unpaired) electrons. The van der Waals surface area contributed by atoms with Gasteiger partial charge in [0.15, 0.2) is 0 Å². The number of halogens is 1. The Bertz CT molecular complexity index is 369. The minimum absolute atomic E-state index is 0.276. The van der Waals surface area contributed by atoms with Crippen molar-refractivity contribution >= 4 is 15.9 Å². The van der Waals surface area contributed by atoms with E-state index in [1.54, 1.807) is 0 Å². The summed E-state index contributed by atoms with van der Waals surface area (Å²) in [6, 6.07) is 9.19. The molecule has 0 aromatic heterocycles. The minimum Gasteiger partial charge on any atom is -0.381 e. The van der Waals surface area contributed by atoms with Crippen molar-refractivity contribution in [2.75, 3.05) is 19.8 Å². The molecular weight excluding hydrogens is 290 g/mol. The average molecular weight is 312 g/mol. The molecule has 0 spiro atoms. The molecule has 1 aromatic rings. The van der Waals surface area contributed by atoms with E-state index < -0.39 is 0 Å². The van der Waals surface area contributed by atoms with E-state index in [0.717, 1.165) is 37.1 Å². The standard InChI is InChI=1S/C15H22BrNO/c1-12(2)17-10-15(7-8-18-11-15)9-13-3-5-14(16)6-4-13/h3-6,12,17H,7-11H2,1-2H3. The predicted molar refractivity (Wildman–Crippen MR) is 78.9 cm³/mol. The first-order valence-electron chi connectivity index (χ1n) is 6.65. The molecule has 1 N–H and O–H groups in total. The van der Waals surface area contributed by atoms with Crippen molar-refractivity contribution in [3.63, 3.8) is 0 Å². The van der Waals surface area contributed by atoms with Crippen LogP contribution in [0.15, 0.2) is 28.7 Å². The van der Waals surface area contributed by atoms with Crippen LogP contribution in [-0.4, -0.2) is 25.8 Å². The SMILES string of the molecule is CC(C)NCC1(Cc2ccc(Br)cc2)CCOC1. The van der Waals surface area contributed by atoms with Gasteiger partial charge in [0.1, 0.15) is 0 Å². The summed E-state index contributed by atoms with van der Waals surface area (Å²) in [5.41, 5.74) is 1.67. The summed E-state index contributed by atoms with van der Waals surface area (Å²) in [5, 5.41) is 3.57. The number of rotatable bonds is 5. The Morgan fingerprint density at radius 3 is 2.61 bits per heavy atom. The number of hydrogen-bond acceptors (Lipinski definition) is 2. The Morgan fingerprint density at radius 2 is 2.06 bits per heavy atom. The zero-order valence-corrected chi connectivity index (χ0v) is 12.8. The van der Waals surface area contributed by atoms with Gasteiger partial charge >= 0.3 is 0 Å². The van der Waals surface area contributed by atoms with Gasteiger partial charge in [-0.05, 0) is 30.5 Å². The lowest BCUT2D eigenvalue weighted by Crippen LogP contribution is -2.39. The van der Waals surface area contributed by atoms with Crippen LogP contribution in [0.1, 0.15) is 25.8 Å². The molecule has 0 amide bonds. The number of benzene rings is 1. The van der Waals surface area contributed by atoms with Gasteiger partial charge < -0.3 is 10.1 Å². The maximum atomic E-state index is 5.64. The van der Waals surface area contributed by atoms with Crippen LogP contribution < -0.4 is 5.32 Å². The lowest BCUT2D eigenvalue weighted by molar-refractivity contribution is 0.148. The van der Waals surface area contributed by atoms with E-state index in [-0.39, 0.29) is 5.41 Å². The highest BCUT2D eigenvalue weighted by Crippen LogP contribution is 2.32. The largest absolute Gasteiger partial charge is 0.381 e. The van der Waals surface area contributed by atoms with Gasteiger partial charge in [-0.15, -0.1) is 0 Å². The van der Waals surface area contributed by atoms with Gasteiger partial charge in [0.05, 0.1) is 6.61 Å². The number of nitrogens with one attached hydrogen (secondary N) is 1. The van der Waals surface area contributed by atoms with Crippen LogP contribution >= 0.6 is 15.9 Å². The summed E-state index contributed by atoms with van der Waals surface area (Å²) in [4.78, 5) is 0. The van der Waals surface area contributed by atoms with E-state index in [1.165, 1.54) is 5.56 Å². The molecule has 1 saturated heterocycles. The van der Waals surface area contributed by atoms with Crippen molar-refractivity contribution in [1.82, 2.24) is 5.32 Å². The third-order valence-electron chi connectivity index (χ3n) is 3.56. The Hall–Kier alpha value is -0.380. The van der Waals surface area contributed by atoms with Gasteiger partial charge in [-0.2, -0.15) is 0 Å². The van der Waals surface area contributed by atoms with Crippen LogP contribution in [0.3, 0.4) is 0 Å². The normalized spacial score (nSPS) is 23.8. The quantitative estimate of drug-likeness (QED) is 0.900. The monoisotopic (exact) mass is 311 g/mol. The van der Waals surface area contributed by atoms with Crippen molar-refractivity contribution in [2.45, 2.75) is 32.7 Å². The molecule has 1 aliphatic rings. The second kappa shape index (κ2) is 6.18. The van der Waals surface area contributed by atoms with Crippen LogP contribution in [0.5, 0.6) is 0 Å². The molecule has 1 atom stereocenters. The maximum absolute atomic E-state index is 5.64. The van der Waals surface area contributed by atoms with Gasteiger partial charge in [-0.3, -0.25) is 0 Å². The van der Waals surface area contributed by atoms with E-state index >= 15 is 0 Å². The molecule has 1 aromatic carbocycles. The summed E-state index contributed by atoms with van der Waals surface area (Å²) in [6.45, 7) is 7.21. The van der Waals surface area contributed by atoms with Gasteiger partial charge in [0.25, 0.3) is 0 Å². The van der Waals surface area contributed by atoms with E-state index in [0.29, 0.717) is 6.04 Å². The van der Waals surface area contributed by atoms with Crippen LogP contribution in [0.25, 0.3) is 0 Å². The Morgan fingerprint density at radius 1 is 1.33 bits per heavy atom. The number of ether oxygens (including phenoxy) is 1. The zero-order valence-electron chi connectivity index (χ0n) is 11.2. The average Bonchev–Trinajstić information content (AvgIpc) is 2.79.